The fourth-order valence-electron chi connectivity index (χ4n) is 7.42. The van der Waals surface area contributed by atoms with Crippen LogP contribution in [0.4, 0.5) is 0 Å². The molecule has 0 unspecified atom stereocenters. The number of halogens is 1. The van der Waals surface area contributed by atoms with E-state index in [0.29, 0.717) is 68.5 Å². The van der Waals surface area contributed by atoms with Crippen molar-refractivity contribution in [2.24, 2.45) is 11.5 Å². The van der Waals surface area contributed by atoms with E-state index in [9.17, 15) is 15.0 Å². The maximum absolute atomic E-state index is 12.0. The summed E-state index contributed by atoms with van der Waals surface area (Å²) >= 11 is 3.50. The molecule has 0 radical (unpaired) electrons. The summed E-state index contributed by atoms with van der Waals surface area (Å²) in [7, 11) is 0. The van der Waals surface area contributed by atoms with E-state index in [4.69, 9.17) is 31.6 Å². The minimum absolute atomic E-state index is 0.0654. The van der Waals surface area contributed by atoms with Crippen molar-refractivity contribution in [1.82, 2.24) is 44.4 Å². The smallest absolute Gasteiger partial charge is 0.248 e. The molecule has 8 N–H and O–H groups in total. The van der Waals surface area contributed by atoms with Crippen LogP contribution in [0.3, 0.4) is 0 Å². The van der Waals surface area contributed by atoms with E-state index in [0.717, 1.165) is 35.2 Å². The maximum Gasteiger partial charge on any atom is 0.248 e. The Morgan fingerprint density at radius 2 is 1.25 bits per heavy atom. The van der Waals surface area contributed by atoms with Gasteiger partial charge in [-0.05, 0) is 79.5 Å². The number of benzene rings is 4. The average Bonchev–Trinajstić information content (AvgIpc) is 3.98. The van der Waals surface area contributed by atoms with Crippen molar-refractivity contribution in [2.75, 3.05) is 13.1 Å². The number of aromatic nitrogens is 8. The molecule has 1 amide bonds. The highest BCUT2D eigenvalue weighted by Gasteiger charge is 2.28. The summed E-state index contributed by atoms with van der Waals surface area (Å²) in [6.07, 6.45) is 3.70. The highest BCUT2D eigenvalue weighted by molar-refractivity contribution is 9.10. The molecule has 8 aromatic rings. The summed E-state index contributed by atoms with van der Waals surface area (Å²) in [4.78, 5) is 30.7. The fraction of sp³-hybridized carbons (Fsp3) is 0.195. The molecule has 9 rings (SSSR count). The second kappa shape index (κ2) is 14.4. The third kappa shape index (κ3) is 6.59. The molecule has 0 saturated carbocycles. The van der Waals surface area contributed by atoms with Crippen molar-refractivity contribution in [1.29, 1.82) is 0 Å². The highest BCUT2D eigenvalue weighted by Crippen LogP contribution is 2.41. The van der Waals surface area contributed by atoms with Gasteiger partial charge in [0.1, 0.15) is 29.4 Å². The van der Waals surface area contributed by atoms with Gasteiger partial charge in [0.05, 0.1) is 22.1 Å². The van der Waals surface area contributed by atoms with E-state index < -0.39 is 5.91 Å². The third-order valence-electron chi connectivity index (χ3n) is 10.3. The number of H-pyrrole nitrogens is 2. The minimum atomic E-state index is -0.570. The standard InChI is InChI=1S/C41H38BrN11O3/c42-28-12-9-26(10-13-28)34-38(55)35(40-45-29-14-6-24(20-43)18-31(29)47-40)52(50-34)22-53-36(41-46-30-15-11-27(39(44)56)19-32(30)48-41)37(54)33(49-53)25-7-4-23(5-8-25)21-51-16-2-1-3-17-51/h4-15,18-19,54-55H,1-3,16-17,20-22,43H2,(H2,44,56)(H,45,47)(H,46,48). The van der Waals surface area contributed by atoms with Crippen LogP contribution in [0.5, 0.6) is 11.5 Å². The number of primary amides is 1. The molecule has 4 aromatic carbocycles. The SMILES string of the molecule is NCc1ccc2nc(-c3c(O)c(-c4ccc(Br)cc4)nn3Cn3nc(-c4ccc(CN5CCCCC5)cc4)c(O)c3-c3nc4ccc(C(N)=O)cc4[nH]3)[nH]c2c1. The van der Waals surface area contributed by atoms with Crippen LogP contribution < -0.4 is 11.5 Å². The third-order valence-corrected chi connectivity index (χ3v) is 10.8. The van der Waals surface area contributed by atoms with Gasteiger partial charge >= 0.3 is 0 Å². The number of fused-ring (bicyclic) bond motifs is 2. The lowest BCUT2D eigenvalue weighted by Crippen LogP contribution is -2.28. The molecule has 1 aliphatic rings. The maximum atomic E-state index is 12.0. The van der Waals surface area contributed by atoms with Crippen LogP contribution in [0, 0.1) is 0 Å². The van der Waals surface area contributed by atoms with Crippen molar-refractivity contribution >= 4 is 43.9 Å². The molecule has 14 nitrogen and oxygen atoms in total. The molecule has 1 fully saturated rings. The second-order valence-corrected chi connectivity index (χ2v) is 15.0. The number of likely N-dealkylation sites (tertiary alicyclic amines) is 1. The molecular formula is C41H38BrN11O3. The number of piperidine rings is 1. The number of carbonyl (C=O) groups is 1. The number of aromatic amines is 2. The summed E-state index contributed by atoms with van der Waals surface area (Å²) in [5.41, 5.74) is 19.2. The first kappa shape index (κ1) is 35.4. The van der Waals surface area contributed by atoms with Gasteiger partial charge in [-0.2, -0.15) is 10.2 Å². The number of hydrogen-bond donors (Lipinski definition) is 6. The van der Waals surface area contributed by atoms with E-state index in [1.165, 1.54) is 24.8 Å². The van der Waals surface area contributed by atoms with Gasteiger partial charge in [0.15, 0.2) is 23.1 Å². The lowest BCUT2D eigenvalue weighted by Gasteiger charge is -2.26. The number of hydrogen-bond acceptors (Lipinski definition) is 9. The Balaban J connectivity index is 1.18. The Hall–Kier alpha value is -6.29. The van der Waals surface area contributed by atoms with E-state index in [2.05, 4.69) is 42.9 Å². The van der Waals surface area contributed by atoms with E-state index in [-0.39, 0.29) is 23.9 Å². The molecule has 56 heavy (non-hydrogen) atoms. The van der Waals surface area contributed by atoms with Crippen LogP contribution in [0.1, 0.15) is 40.7 Å². The summed E-state index contributed by atoms with van der Waals surface area (Å²) in [5.74, 6) is -0.0709. The number of amides is 1. The summed E-state index contributed by atoms with van der Waals surface area (Å²) in [5, 5.41) is 33.8. The second-order valence-electron chi connectivity index (χ2n) is 14.1. The Morgan fingerprint density at radius 3 is 1.82 bits per heavy atom. The Labute approximate surface area is 328 Å². The lowest BCUT2D eigenvalue weighted by atomic mass is 10.1. The number of nitrogens with zero attached hydrogens (tertiary/aromatic N) is 7. The van der Waals surface area contributed by atoms with Crippen LogP contribution in [-0.4, -0.2) is 73.6 Å². The van der Waals surface area contributed by atoms with Gasteiger partial charge in [-0.25, -0.2) is 19.3 Å². The molecule has 5 heterocycles. The normalized spacial score (nSPS) is 13.6. The molecule has 0 atom stereocenters. The van der Waals surface area contributed by atoms with E-state index >= 15 is 0 Å². The van der Waals surface area contributed by atoms with E-state index in [1.54, 1.807) is 27.6 Å². The Morgan fingerprint density at radius 1 is 0.714 bits per heavy atom. The number of imidazole rings is 2. The number of rotatable bonds is 10. The first-order valence-electron chi connectivity index (χ1n) is 18.4. The summed E-state index contributed by atoms with van der Waals surface area (Å²) in [6.45, 7) is 3.34. The summed E-state index contributed by atoms with van der Waals surface area (Å²) in [6, 6.07) is 26.2. The molecule has 1 saturated heterocycles. The molecule has 1 aliphatic heterocycles. The summed E-state index contributed by atoms with van der Waals surface area (Å²) < 4.78 is 4.07. The number of carbonyl (C=O) groups excluding carboxylic acids is 1. The van der Waals surface area contributed by atoms with Crippen molar-refractivity contribution in [3.8, 4) is 57.1 Å². The van der Waals surface area contributed by atoms with E-state index in [1.807, 2.05) is 54.6 Å². The van der Waals surface area contributed by atoms with Gasteiger partial charge in [0.25, 0.3) is 0 Å². The number of nitrogens with two attached hydrogens (primary N) is 2. The van der Waals surface area contributed by atoms with Crippen LogP contribution in [0.15, 0.2) is 89.4 Å². The average molecular weight is 813 g/mol. The number of aromatic hydroxyl groups is 2. The molecule has 4 aromatic heterocycles. The monoisotopic (exact) mass is 811 g/mol. The van der Waals surface area contributed by atoms with Crippen molar-refractivity contribution < 1.29 is 15.0 Å². The van der Waals surface area contributed by atoms with Crippen LogP contribution in [0.25, 0.3) is 67.6 Å². The van der Waals surface area contributed by atoms with Crippen molar-refractivity contribution in [2.45, 2.75) is 39.0 Å². The fourth-order valence-corrected chi connectivity index (χ4v) is 7.68. The largest absolute Gasteiger partial charge is 0.504 e. The van der Waals surface area contributed by atoms with Gasteiger partial charge in [-0.1, -0.05) is 64.8 Å². The predicted molar refractivity (Wildman–Crippen MR) is 217 cm³/mol. The molecule has 0 aliphatic carbocycles. The zero-order valence-electron chi connectivity index (χ0n) is 30.2. The first-order chi connectivity index (χ1) is 27.2. The molecule has 0 bridgehead atoms. The molecule has 282 valence electrons. The van der Waals surface area contributed by atoms with Crippen molar-refractivity contribution in [3.05, 3.63) is 106 Å². The zero-order valence-corrected chi connectivity index (χ0v) is 31.8. The Bertz CT molecular complexity index is 2740. The molecule has 0 spiro atoms. The highest BCUT2D eigenvalue weighted by atomic mass is 79.9. The van der Waals surface area contributed by atoms with Crippen LogP contribution >= 0.6 is 15.9 Å². The zero-order chi connectivity index (χ0) is 38.5. The quantitative estimate of drug-likeness (QED) is 0.0866. The van der Waals surface area contributed by atoms with Gasteiger partial charge in [-0.3, -0.25) is 9.69 Å². The lowest BCUT2D eigenvalue weighted by molar-refractivity contribution is 0.100. The van der Waals surface area contributed by atoms with Gasteiger partial charge in [0, 0.05) is 34.3 Å². The minimum Gasteiger partial charge on any atom is -0.504 e. The number of nitrogens with one attached hydrogen (secondary N) is 2. The molecular weight excluding hydrogens is 774 g/mol. The predicted octanol–water partition coefficient (Wildman–Crippen LogP) is 6.72. The molecule has 15 heteroatoms. The van der Waals surface area contributed by atoms with Gasteiger partial charge < -0.3 is 31.6 Å². The van der Waals surface area contributed by atoms with Crippen molar-refractivity contribution in [3.63, 3.8) is 0 Å². The first-order valence-corrected chi connectivity index (χ1v) is 19.2. The topological polar surface area (TPSA) is 206 Å². The van der Waals surface area contributed by atoms with Crippen LogP contribution in [0.2, 0.25) is 0 Å². The Kier molecular flexibility index (Phi) is 9.11. The van der Waals surface area contributed by atoms with Gasteiger partial charge in [-0.15, -0.1) is 0 Å². The van der Waals surface area contributed by atoms with Gasteiger partial charge in [0.2, 0.25) is 5.91 Å². The van der Waals surface area contributed by atoms with Crippen LogP contribution in [-0.2, 0) is 19.8 Å².